The highest BCUT2D eigenvalue weighted by Crippen LogP contribution is 2.31. The van der Waals surface area contributed by atoms with Gasteiger partial charge in [0.2, 0.25) is 0 Å². The number of nitro groups is 1. The van der Waals surface area contributed by atoms with Crippen LogP contribution in [0, 0.1) is 10.1 Å². The molecule has 0 spiro atoms. The number of benzene rings is 1. The van der Waals surface area contributed by atoms with Crippen molar-refractivity contribution in [2.45, 2.75) is 18.9 Å². The molecule has 0 unspecified atom stereocenters. The summed E-state index contributed by atoms with van der Waals surface area (Å²) in [5, 5.41) is 32.6. The third-order valence-corrected chi connectivity index (χ3v) is 3.08. The summed E-state index contributed by atoms with van der Waals surface area (Å²) in [6, 6.07) is 4.36. The number of methoxy groups -OCH3 is 1. The first-order chi connectivity index (χ1) is 9.01. The fourth-order valence-electron chi connectivity index (χ4n) is 1.62. The maximum Gasteiger partial charge on any atom is 0.296 e. The fraction of sp³-hybridized carbons (Fsp3) is 0.500. The SMILES string of the molecule is CCC(CO)(CO)Nc1ccc(OC)cc1[N+](=O)[O-]. The van der Waals surface area contributed by atoms with E-state index in [1.807, 2.05) is 0 Å². The Kier molecular flexibility index (Phi) is 5.08. The fourth-order valence-corrected chi connectivity index (χ4v) is 1.62. The molecule has 19 heavy (non-hydrogen) atoms. The summed E-state index contributed by atoms with van der Waals surface area (Å²) in [6.07, 6.45) is 0.420. The van der Waals surface area contributed by atoms with Gasteiger partial charge < -0.3 is 20.3 Å². The molecule has 1 aromatic carbocycles. The molecule has 1 aromatic rings. The van der Waals surface area contributed by atoms with Crippen LogP contribution in [0.15, 0.2) is 18.2 Å². The molecule has 0 radical (unpaired) electrons. The number of rotatable bonds is 7. The summed E-state index contributed by atoms with van der Waals surface area (Å²) in [4.78, 5) is 10.5. The maximum absolute atomic E-state index is 11.0. The lowest BCUT2D eigenvalue weighted by atomic mass is 9.97. The van der Waals surface area contributed by atoms with Crippen LogP contribution in [-0.2, 0) is 0 Å². The van der Waals surface area contributed by atoms with Gasteiger partial charge in [-0.1, -0.05) is 6.92 Å². The van der Waals surface area contributed by atoms with Crippen LogP contribution < -0.4 is 10.1 Å². The molecule has 106 valence electrons. The molecule has 3 N–H and O–H groups in total. The first kappa shape index (κ1) is 15.2. The smallest absolute Gasteiger partial charge is 0.296 e. The Morgan fingerprint density at radius 2 is 2.05 bits per heavy atom. The second kappa shape index (κ2) is 6.35. The van der Waals surface area contributed by atoms with E-state index in [4.69, 9.17) is 4.74 Å². The molecule has 0 bridgehead atoms. The summed E-state index contributed by atoms with van der Waals surface area (Å²) in [5.41, 5.74) is -0.922. The van der Waals surface area contributed by atoms with Gasteiger partial charge in [-0.25, -0.2) is 0 Å². The van der Waals surface area contributed by atoms with Gasteiger partial charge in [0.1, 0.15) is 11.4 Å². The van der Waals surface area contributed by atoms with Gasteiger partial charge >= 0.3 is 0 Å². The molecule has 0 saturated carbocycles. The lowest BCUT2D eigenvalue weighted by Gasteiger charge is -2.30. The molecule has 0 heterocycles. The summed E-state index contributed by atoms with van der Waals surface area (Å²) < 4.78 is 4.94. The Balaban J connectivity index is 3.16. The highest BCUT2D eigenvalue weighted by Gasteiger charge is 2.29. The molecular weight excluding hydrogens is 252 g/mol. The number of hydrogen-bond donors (Lipinski definition) is 3. The van der Waals surface area contributed by atoms with Gasteiger partial charge in [-0.15, -0.1) is 0 Å². The van der Waals surface area contributed by atoms with E-state index in [2.05, 4.69) is 5.32 Å². The van der Waals surface area contributed by atoms with Gasteiger partial charge in [0, 0.05) is 0 Å². The van der Waals surface area contributed by atoms with E-state index in [0.717, 1.165) is 0 Å². The quantitative estimate of drug-likeness (QED) is 0.507. The van der Waals surface area contributed by atoms with Crippen LogP contribution in [0.25, 0.3) is 0 Å². The van der Waals surface area contributed by atoms with Crippen molar-refractivity contribution in [2.24, 2.45) is 0 Å². The number of hydrogen-bond acceptors (Lipinski definition) is 6. The van der Waals surface area contributed by atoms with Crippen LogP contribution in [0.4, 0.5) is 11.4 Å². The van der Waals surface area contributed by atoms with Crippen LogP contribution in [0.3, 0.4) is 0 Å². The summed E-state index contributed by atoms with van der Waals surface area (Å²) >= 11 is 0. The second-order valence-electron chi connectivity index (χ2n) is 4.22. The Labute approximate surface area is 111 Å². The molecule has 7 heteroatoms. The first-order valence-corrected chi connectivity index (χ1v) is 5.84. The van der Waals surface area contributed by atoms with E-state index in [-0.39, 0.29) is 24.6 Å². The monoisotopic (exact) mass is 270 g/mol. The van der Waals surface area contributed by atoms with Gasteiger partial charge in [0.05, 0.1) is 36.9 Å². The van der Waals surface area contributed by atoms with E-state index in [9.17, 15) is 20.3 Å². The Hall–Kier alpha value is -1.86. The molecule has 0 aliphatic rings. The average molecular weight is 270 g/mol. The van der Waals surface area contributed by atoms with Crippen molar-refractivity contribution in [3.05, 3.63) is 28.3 Å². The Morgan fingerprint density at radius 1 is 1.42 bits per heavy atom. The predicted octanol–water partition coefficient (Wildman–Crippen LogP) is 1.15. The van der Waals surface area contributed by atoms with E-state index >= 15 is 0 Å². The van der Waals surface area contributed by atoms with Crippen LogP contribution >= 0.6 is 0 Å². The number of ether oxygens (including phenoxy) is 1. The standard InChI is InChI=1S/C12H18N2O5/c1-3-12(7-15,8-16)13-10-5-4-9(19-2)6-11(10)14(17)18/h4-6,13,15-16H,3,7-8H2,1-2H3. The van der Waals surface area contributed by atoms with Crippen molar-refractivity contribution in [3.8, 4) is 5.75 Å². The molecule has 0 aliphatic heterocycles. The molecule has 1 rings (SSSR count). The van der Waals surface area contributed by atoms with Crippen LogP contribution in [-0.4, -0.2) is 41.0 Å². The lowest BCUT2D eigenvalue weighted by Crippen LogP contribution is -2.45. The average Bonchev–Trinajstić information content (AvgIpc) is 2.45. The number of aliphatic hydroxyl groups excluding tert-OH is 2. The van der Waals surface area contributed by atoms with Crippen molar-refractivity contribution >= 4 is 11.4 Å². The van der Waals surface area contributed by atoms with Crippen molar-refractivity contribution in [3.63, 3.8) is 0 Å². The zero-order valence-electron chi connectivity index (χ0n) is 10.9. The van der Waals surface area contributed by atoms with E-state index in [1.54, 1.807) is 13.0 Å². The van der Waals surface area contributed by atoms with Gasteiger partial charge in [0.15, 0.2) is 0 Å². The predicted molar refractivity (Wildman–Crippen MR) is 70.5 cm³/mol. The van der Waals surface area contributed by atoms with E-state index < -0.39 is 10.5 Å². The highest BCUT2D eigenvalue weighted by atomic mass is 16.6. The number of anilines is 1. The van der Waals surface area contributed by atoms with Crippen molar-refractivity contribution in [2.75, 3.05) is 25.6 Å². The molecule has 0 saturated heterocycles. The molecule has 7 nitrogen and oxygen atoms in total. The van der Waals surface area contributed by atoms with Gasteiger partial charge in [-0.3, -0.25) is 10.1 Å². The van der Waals surface area contributed by atoms with Crippen LogP contribution in [0.2, 0.25) is 0 Å². The largest absolute Gasteiger partial charge is 0.496 e. The minimum atomic E-state index is -0.987. The maximum atomic E-state index is 11.0. The molecule has 0 atom stereocenters. The van der Waals surface area contributed by atoms with Crippen molar-refractivity contribution in [1.29, 1.82) is 0 Å². The topological polar surface area (TPSA) is 105 Å². The first-order valence-electron chi connectivity index (χ1n) is 5.84. The molecule has 0 fully saturated rings. The zero-order chi connectivity index (χ0) is 14.5. The van der Waals surface area contributed by atoms with Crippen molar-refractivity contribution in [1.82, 2.24) is 0 Å². The Morgan fingerprint density at radius 3 is 2.47 bits per heavy atom. The third kappa shape index (κ3) is 3.33. The molecular formula is C12H18N2O5. The summed E-state index contributed by atoms with van der Waals surface area (Å²) in [5.74, 6) is 0.368. The number of nitrogens with zero attached hydrogens (tertiary/aromatic N) is 1. The second-order valence-corrected chi connectivity index (χ2v) is 4.22. The number of aliphatic hydroxyl groups is 2. The van der Waals surface area contributed by atoms with Gasteiger partial charge in [-0.2, -0.15) is 0 Å². The summed E-state index contributed by atoms with van der Waals surface area (Å²) in [7, 11) is 1.42. The molecule has 0 aromatic heterocycles. The Bertz CT molecular complexity index is 437. The van der Waals surface area contributed by atoms with Crippen LogP contribution in [0.5, 0.6) is 5.75 Å². The zero-order valence-corrected chi connectivity index (χ0v) is 10.9. The third-order valence-electron chi connectivity index (χ3n) is 3.08. The minimum Gasteiger partial charge on any atom is -0.496 e. The molecule has 0 amide bonds. The van der Waals surface area contributed by atoms with Crippen LogP contribution in [0.1, 0.15) is 13.3 Å². The minimum absolute atomic E-state index is 0.168. The lowest BCUT2D eigenvalue weighted by molar-refractivity contribution is -0.384. The van der Waals surface area contributed by atoms with Gasteiger partial charge in [-0.05, 0) is 18.6 Å². The highest BCUT2D eigenvalue weighted by molar-refractivity contribution is 5.65. The normalized spacial score (nSPS) is 11.2. The number of nitrogens with one attached hydrogen (secondary N) is 1. The summed E-state index contributed by atoms with van der Waals surface area (Å²) in [6.45, 7) is 1.11. The van der Waals surface area contributed by atoms with Crippen molar-refractivity contribution < 1.29 is 19.9 Å². The van der Waals surface area contributed by atoms with Gasteiger partial charge in [0.25, 0.3) is 5.69 Å². The number of nitro benzene ring substituents is 1. The molecule has 0 aliphatic carbocycles. The van der Waals surface area contributed by atoms with E-state index in [0.29, 0.717) is 12.2 Å². The van der Waals surface area contributed by atoms with E-state index in [1.165, 1.54) is 19.2 Å².